The van der Waals surface area contributed by atoms with Crippen molar-refractivity contribution in [1.82, 2.24) is 0 Å². The molecule has 3 rings (SSSR count). The monoisotopic (exact) mass is 434 g/mol. The van der Waals surface area contributed by atoms with Crippen molar-refractivity contribution in [3.05, 3.63) is 58.2 Å². The quantitative estimate of drug-likeness (QED) is 0.617. The molecule has 0 aromatic heterocycles. The van der Waals surface area contributed by atoms with Gasteiger partial charge in [-0.05, 0) is 42.3 Å². The summed E-state index contributed by atoms with van der Waals surface area (Å²) in [6.07, 6.45) is 4.08. The topological polar surface area (TPSA) is 101 Å². The molecular formula is C26H28NO5-. The first-order valence-corrected chi connectivity index (χ1v) is 10.9. The Bertz CT molecular complexity index is 1190. The molecule has 1 aliphatic carbocycles. The van der Waals surface area contributed by atoms with Crippen LogP contribution < -0.4 is 20.4 Å². The van der Waals surface area contributed by atoms with Gasteiger partial charge in [0.15, 0.2) is 0 Å². The third kappa shape index (κ3) is 4.40. The SMILES string of the molecule is C=c1cc/c(=C2/C(=O)C(=O)C(c3ccc(N(CCCC)CCCC)cc3O)=C2[O-])c(O)c1. The fraction of sp³-hybridized carbons (Fsp3) is 0.308. The lowest BCUT2D eigenvalue weighted by Crippen LogP contribution is -2.25. The number of anilines is 1. The van der Waals surface area contributed by atoms with Crippen molar-refractivity contribution in [2.75, 3.05) is 18.0 Å². The molecule has 0 saturated heterocycles. The van der Waals surface area contributed by atoms with Crippen LogP contribution in [0, 0.1) is 0 Å². The number of allylic oxidation sites excluding steroid dienone is 2. The van der Waals surface area contributed by atoms with Crippen LogP contribution in [0.3, 0.4) is 0 Å². The van der Waals surface area contributed by atoms with Gasteiger partial charge in [0.25, 0.3) is 0 Å². The number of phenolic OH excluding ortho intramolecular Hbond substituents is 2. The largest absolute Gasteiger partial charge is 0.871 e. The summed E-state index contributed by atoms with van der Waals surface area (Å²) in [5.74, 6) is -3.31. The Kier molecular flexibility index (Phi) is 7.03. The zero-order chi connectivity index (χ0) is 23.4. The molecule has 0 atom stereocenters. The number of ketones is 2. The van der Waals surface area contributed by atoms with Crippen LogP contribution in [0.15, 0.2) is 42.2 Å². The van der Waals surface area contributed by atoms with E-state index in [0.29, 0.717) is 5.22 Å². The molecule has 6 heteroatoms. The number of aromatic hydroxyl groups is 2. The number of carbonyl (C=O) groups excluding carboxylic acids is 2. The summed E-state index contributed by atoms with van der Waals surface area (Å²) in [5.41, 5.74) is 0.0523. The molecule has 0 heterocycles. The Labute approximate surface area is 187 Å². The normalized spacial score (nSPS) is 15.6. The van der Waals surface area contributed by atoms with Crippen LogP contribution in [-0.4, -0.2) is 34.9 Å². The Morgan fingerprint density at radius 2 is 1.50 bits per heavy atom. The zero-order valence-corrected chi connectivity index (χ0v) is 18.5. The summed E-state index contributed by atoms with van der Waals surface area (Å²) >= 11 is 0. The van der Waals surface area contributed by atoms with Gasteiger partial charge < -0.3 is 20.2 Å². The lowest BCUT2D eigenvalue weighted by atomic mass is 10.0. The molecule has 0 saturated carbocycles. The van der Waals surface area contributed by atoms with Gasteiger partial charge in [0.2, 0.25) is 11.6 Å². The average Bonchev–Trinajstić information content (AvgIpc) is 2.97. The number of benzene rings is 2. The van der Waals surface area contributed by atoms with E-state index in [0.717, 1.165) is 44.5 Å². The van der Waals surface area contributed by atoms with Gasteiger partial charge in [0, 0.05) is 46.8 Å². The lowest BCUT2D eigenvalue weighted by molar-refractivity contribution is -0.290. The molecule has 2 aromatic carbocycles. The number of rotatable bonds is 8. The van der Waals surface area contributed by atoms with Crippen LogP contribution in [0.2, 0.25) is 0 Å². The Balaban J connectivity index is 2.09. The van der Waals surface area contributed by atoms with E-state index < -0.39 is 22.9 Å². The molecule has 0 spiro atoms. The molecule has 32 heavy (non-hydrogen) atoms. The predicted octanol–water partition coefficient (Wildman–Crippen LogP) is 1.99. The number of hydrogen-bond acceptors (Lipinski definition) is 6. The second-order valence-electron chi connectivity index (χ2n) is 7.98. The van der Waals surface area contributed by atoms with Gasteiger partial charge in [-0.25, -0.2) is 0 Å². The van der Waals surface area contributed by atoms with Crippen molar-refractivity contribution in [2.45, 2.75) is 39.5 Å². The number of Topliss-reactive ketones (excluding diaryl/α,β-unsaturated/α-hetero) is 2. The van der Waals surface area contributed by atoms with E-state index >= 15 is 0 Å². The molecule has 6 nitrogen and oxygen atoms in total. The first-order valence-electron chi connectivity index (χ1n) is 10.9. The molecule has 0 fully saturated rings. The summed E-state index contributed by atoms with van der Waals surface area (Å²) in [6.45, 7) is 9.58. The highest BCUT2D eigenvalue weighted by Gasteiger charge is 2.34. The van der Waals surface area contributed by atoms with Crippen molar-refractivity contribution >= 4 is 35.0 Å². The number of phenols is 2. The van der Waals surface area contributed by atoms with Crippen molar-refractivity contribution < 1.29 is 24.9 Å². The van der Waals surface area contributed by atoms with Crippen LogP contribution >= 0.6 is 0 Å². The Hall–Kier alpha value is -3.54. The fourth-order valence-electron chi connectivity index (χ4n) is 3.83. The van der Waals surface area contributed by atoms with Gasteiger partial charge >= 0.3 is 0 Å². The van der Waals surface area contributed by atoms with Crippen molar-refractivity contribution in [2.24, 2.45) is 0 Å². The highest BCUT2D eigenvalue weighted by atomic mass is 16.3. The van der Waals surface area contributed by atoms with Crippen molar-refractivity contribution in [3.63, 3.8) is 0 Å². The predicted molar refractivity (Wildman–Crippen MR) is 123 cm³/mol. The van der Waals surface area contributed by atoms with Gasteiger partial charge in [0.05, 0.1) is 0 Å². The second-order valence-corrected chi connectivity index (χ2v) is 7.98. The van der Waals surface area contributed by atoms with Crippen LogP contribution in [0.5, 0.6) is 11.5 Å². The maximum absolute atomic E-state index is 13.1. The van der Waals surface area contributed by atoms with E-state index in [4.69, 9.17) is 0 Å². The summed E-state index contributed by atoms with van der Waals surface area (Å²) in [7, 11) is 0. The third-order valence-corrected chi connectivity index (χ3v) is 5.62. The van der Waals surface area contributed by atoms with E-state index in [-0.39, 0.29) is 27.9 Å². The van der Waals surface area contributed by atoms with Crippen LogP contribution in [-0.2, 0) is 9.59 Å². The summed E-state index contributed by atoms with van der Waals surface area (Å²) < 4.78 is 0. The minimum Gasteiger partial charge on any atom is -0.871 e. The Morgan fingerprint density at radius 1 is 0.875 bits per heavy atom. The summed E-state index contributed by atoms with van der Waals surface area (Å²) in [4.78, 5) is 27.5. The molecule has 1 aliphatic rings. The second kappa shape index (κ2) is 9.73. The van der Waals surface area contributed by atoms with E-state index in [1.165, 1.54) is 24.3 Å². The van der Waals surface area contributed by atoms with Gasteiger partial charge in [-0.3, -0.25) is 9.59 Å². The zero-order valence-electron chi connectivity index (χ0n) is 18.5. The average molecular weight is 435 g/mol. The van der Waals surface area contributed by atoms with Crippen LogP contribution in [0.1, 0.15) is 45.1 Å². The lowest BCUT2D eigenvalue weighted by Gasteiger charge is -2.25. The number of unbranched alkanes of at least 4 members (excludes halogenated alkanes) is 2. The number of carbonyl (C=O) groups is 2. The summed E-state index contributed by atoms with van der Waals surface area (Å²) in [5, 5.41) is 34.4. The summed E-state index contributed by atoms with van der Waals surface area (Å²) in [6, 6.07) is 9.05. The molecule has 168 valence electrons. The van der Waals surface area contributed by atoms with E-state index in [1.54, 1.807) is 12.1 Å². The molecule has 0 bridgehead atoms. The molecule has 2 aromatic rings. The fourth-order valence-corrected chi connectivity index (χ4v) is 3.83. The smallest absolute Gasteiger partial charge is 0.233 e. The van der Waals surface area contributed by atoms with Gasteiger partial charge in [0.1, 0.15) is 11.5 Å². The standard InChI is InChI=1S/C26H29NO5/c1-4-6-12-27(13-7-5-2)17-9-11-19(21(29)15-17)23-24(30)22(25(31)26(23)32)18-10-8-16(3)14-20(18)28/h8-11,14-15,28-30H,3-7,12-13H2,1-2H3/p-1/b22-18-. The van der Waals surface area contributed by atoms with Crippen molar-refractivity contribution in [3.8, 4) is 11.5 Å². The van der Waals surface area contributed by atoms with Gasteiger partial charge in [-0.2, -0.15) is 0 Å². The minimum absolute atomic E-state index is 0.0165. The van der Waals surface area contributed by atoms with Gasteiger partial charge in [-0.15, -0.1) is 0 Å². The highest BCUT2D eigenvalue weighted by Crippen LogP contribution is 2.37. The van der Waals surface area contributed by atoms with Crippen molar-refractivity contribution in [1.29, 1.82) is 0 Å². The number of nitrogens with zero attached hydrogens (tertiary/aromatic N) is 1. The molecular weight excluding hydrogens is 406 g/mol. The van der Waals surface area contributed by atoms with Crippen LogP contribution in [0.4, 0.5) is 5.69 Å². The third-order valence-electron chi connectivity index (χ3n) is 5.62. The van der Waals surface area contributed by atoms with E-state index in [9.17, 15) is 24.9 Å². The Morgan fingerprint density at radius 3 is 2.06 bits per heavy atom. The molecule has 0 radical (unpaired) electrons. The van der Waals surface area contributed by atoms with E-state index in [2.05, 4.69) is 25.3 Å². The minimum atomic E-state index is -0.992. The molecule has 0 amide bonds. The maximum atomic E-state index is 13.1. The van der Waals surface area contributed by atoms with Gasteiger partial charge in [-0.1, -0.05) is 45.1 Å². The van der Waals surface area contributed by atoms with Crippen LogP contribution in [0.25, 0.3) is 17.7 Å². The number of hydrogen-bond donors (Lipinski definition) is 2. The van der Waals surface area contributed by atoms with E-state index in [1.807, 2.05) is 0 Å². The molecule has 0 unspecified atom stereocenters. The molecule has 2 N–H and O–H groups in total. The molecule has 0 aliphatic heterocycles. The first kappa shape index (κ1) is 23.1. The maximum Gasteiger partial charge on any atom is 0.233 e. The highest BCUT2D eigenvalue weighted by molar-refractivity contribution is 6.70. The first-order chi connectivity index (χ1) is 15.3.